The van der Waals surface area contributed by atoms with E-state index >= 15 is 0 Å². The summed E-state index contributed by atoms with van der Waals surface area (Å²) in [6.07, 6.45) is 12.0. The molecule has 0 bridgehead atoms. The van der Waals surface area contributed by atoms with Crippen LogP contribution in [0.25, 0.3) is 5.69 Å². The standard InChI is InChI=1S/C17H18N6O2/c1-3-4-7-17(20-21-17)8-9-18-16(25)13-5-6-15(24)23(11-13)14-10-19-22(2)12-14/h1,5-6,10-12H,4,7-9H2,2H3,(H,18,25). The molecule has 0 radical (unpaired) electrons. The summed E-state index contributed by atoms with van der Waals surface area (Å²) in [7, 11) is 1.76. The molecule has 0 unspecified atom stereocenters. The third-order valence-corrected chi connectivity index (χ3v) is 4.01. The Morgan fingerprint density at radius 2 is 2.12 bits per heavy atom. The van der Waals surface area contributed by atoms with Crippen molar-refractivity contribution in [1.82, 2.24) is 19.7 Å². The van der Waals surface area contributed by atoms with Crippen LogP contribution in [0, 0.1) is 12.3 Å². The van der Waals surface area contributed by atoms with Crippen molar-refractivity contribution in [3.63, 3.8) is 0 Å². The molecule has 128 valence electrons. The molecule has 1 aliphatic rings. The monoisotopic (exact) mass is 338 g/mol. The van der Waals surface area contributed by atoms with Crippen molar-refractivity contribution in [3.05, 3.63) is 46.6 Å². The highest BCUT2D eigenvalue weighted by Gasteiger charge is 2.38. The van der Waals surface area contributed by atoms with Crippen molar-refractivity contribution in [1.29, 1.82) is 0 Å². The predicted octanol–water partition coefficient (Wildman–Crippen LogP) is 1.27. The Morgan fingerprint density at radius 1 is 1.32 bits per heavy atom. The minimum absolute atomic E-state index is 0.228. The van der Waals surface area contributed by atoms with Crippen LogP contribution < -0.4 is 10.9 Å². The molecule has 0 saturated heterocycles. The SMILES string of the molecule is C#CCCC1(CCNC(=O)c2ccc(=O)n(-c3cnn(C)c3)c2)N=N1. The van der Waals surface area contributed by atoms with Gasteiger partial charge in [0.1, 0.15) is 0 Å². The molecule has 3 rings (SSSR count). The lowest BCUT2D eigenvalue weighted by Gasteiger charge is -2.10. The van der Waals surface area contributed by atoms with E-state index in [-0.39, 0.29) is 11.5 Å². The van der Waals surface area contributed by atoms with Gasteiger partial charge in [0.15, 0.2) is 5.66 Å². The Balaban J connectivity index is 1.63. The third kappa shape index (κ3) is 3.83. The molecule has 3 heterocycles. The second-order valence-corrected chi connectivity index (χ2v) is 5.89. The first-order valence-electron chi connectivity index (χ1n) is 7.90. The Bertz CT molecular complexity index is 912. The fraction of sp³-hybridized carbons (Fsp3) is 0.353. The second-order valence-electron chi connectivity index (χ2n) is 5.89. The lowest BCUT2D eigenvalue weighted by Crippen LogP contribution is -2.29. The van der Waals surface area contributed by atoms with Crippen LogP contribution in [0.15, 0.2) is 45.7 Å². The highest BCUT2D eigenvalue weighted by atomic mass is 16.2. The van der Waals surface area contributed by atoms with E-state index in [1.165, 1.54) is 22.9 Å². The van der Waals surface area contributed by atoms with Gasteiger partial charge in [-0.3, -0.25) is 18.8 Å². The van der Waals surface area contributed by atoms with E-state index in [0.29, 0.717) is 37.1 Å². The van der Waals surface area contributed by atoms with E-state index in [4.69, 9.17) is 6.42 Å². The van der Waals surface area contributed by atoms with Crippen molar-refractivity contribution in [3.8, 4) is 18.0 Å². The van der Waals surface area contributed by atoms with E-state index in [1.807, 2.05) is 0 Å². The minimum atomic E-state index is -0.422. The van der Waals surface area contributed by atoms with Gasteiger partial charge in [0.05, 0.1) is 17.4 Å². The second kappa shape index (κ2) is 6.73. The molecule has 0 aliphatic carbocycles. The number of amides is 1. The van der Waals surface area contributed by atoms with Crippen LogP contribution in [-0.2, 0) is 7.05 Å². The molecule has 8 nitrogen and oxygen atoms in total. The zero-order valence-electron chi connectivity index (χ0n) is 13.8. The molecule has 1 amide bonds. The summed E-state index contributed by atoms with van der Waals surface area (Å²) >= 11 is 0. The molecular formula is C17H18N6O2. The summed E-state index contributed by atoms with van der Waals surface area (Å²) < 4.78 is 2.98. The van der Waals surface area contributed by atoms with Crippen molar-refractivity contribution >= 4 is 5.91 Å². The summed E-state index contributed by atoms with van der Waals surface area (Å²) in [6.45, 7) is 0.433. The fourth-order valence-corrected chi connectivity index (χ4v) is 2.50. The molecule has 1 aliphatic heterocycles. The van der Waals surface area contributed by atoms with Crippen LogP contribution in [0.1, 0.15) is 29.6 Å². The molecule has 0 saturated carbocycles. The van der Waals surface area contributed by atoms with Gasteiger partial charge in [-0.25, -0.2) is 0 Å². The molecule has 2 aromatic heterocycles. The maximum Gasteiger partial charge on any atom is 0.255 e. The maximum absolute atomic E-state index is 12.3. The smallest absolute Gasteiger partial charge is 0.255 e. The molecule has 1 N–H and O–H groups in total. The van der Waals surface area contributed by atoms with Crippen LogP contribution in [0.5, 0.6) is 0 Å². The number of aryl methyl sites for hydroxylation is 1. The summed E-state index contributed by atoms with van der Waals surface area (Å²) in [4.78, 5) is 24.3. The number of rotatable bonds is 7. The van der Waals surface area contributed by atoms with Gasteiger partial charge in [0.25, 0.3) is 11.5 Å². The molecule has 0 atom stereocenters. The lowest BCUT2D eigenvalue weighted by atomic mass is 10.0. The summed E-state index contributed by atoms with van der Waals surface area (Å²) in [5, 5.41) is 14.9. The van der Waals surface area contributed by atoms with E-state index in [2.05, 4.69) is 26.6 Å². The van der Waals surface area contributed by atoms with Crippen LogP contribution >= 0.6 is 0 Å². The number of carbonyl (C=O) groups is 1. The van der Waals surface area contributed by atoms with Gasteiger partial charge in [-0.05, 0) is 6.07 Å². The van der Waals surface area contributed by atoms with Crippen molar-refractivity contribution in [2.24, 2.45) is 17.3 Å². The Labute approximate surface area is 144 Å². The van der Waals surface area contributed by atoms with Gasteiger partial charge < -0.3 is 5.32 Å². The zero-order valence-corrected chi connectivity index (χ0v) is 13.8. The summed E-state index contributed by atoms with van der Waals surface area (Å²) in [6, 6.07) is 2.87. The maximum atomic E-state index is 12.3. The van der Waals surface area contributed by atoms with Gasteiger partial charge in [0, 0.05) is 51.3 Å². The number of hydrogen-bond acceptors (Lipinski definition) is 5. The molecule has 8 heteroatoms. The highest BCUT2D eigenvalue weighted by molar-refractivity contribution is 5.93. The average Bonchev–Trinajstić information content (AvgIpc) is 3.24. The van der Waals surface area contributed by atoms with E-state index in [1.54, 1.807) is 24.1 Å². The van der Waals surface area contributed by atoms with E-state index < -0.39 is 5.66 Å². The van der Waals surface area contributed by atoms with Crippen LogP contribution in [0.2, 0.25) is 0 Å². The Morgan fingerprint density at radius 3 is 2.76 bits per heavy atom. The number of nitrogens with zero attached hydrogens (tertiary/aromatic N) is 5. The molecule has 0 aromatic carbocycles. The van der Waals surface area contributed by atoms with E-state index in [0.717, 1.165) is 0 Å². The largest absolute Gasteiger partial charge is 0.352 e. The molecular weight excluding hydrogens is 320 g/mol. The first-order valence-corrected chi connectivity index (χ1v) is 7.90. The number of pyridine rings is 1. The van der Waals surface area contributed by atoms with Gasteiger partial charge in [0.2, 0.25) is 0 Å². The van der Waals surface area contributed by atoms with Gasteiger partial charge in [-0.2, -0.15) is 15.3 Å². The topological polar surface area (TPSA) is 93.6 Å². The normalized spacial score (nSPS) is 14.1. The number of aromatic nitrogens is 3. The highest BCUT2D eigenvalue weighted by Crippen LogP contribution is 2.36. The van der Waals surface area contributed by atoms with Crippen LogP contribution in [0.3, 0.4) is 0 Å². The van der Waals surface area contributed by atoms with Gasteiger partial charge in [-0.15, -0.1) is 12.3 Å². The van der Waals surface area contributed by atoms with Crippen molar-refractivity contribution in [2.75, 3.05) is 6.54 Å². The molecule has 0 spiro atoms. The van der Waals surface area contributed by atoms with Crippen molar-refractivity contribution < 1.29 is 4.79 Å². The molecule has 0 fully saturated rings. The molecule has 25 heavy (non-hydrogen) atoms. The fourth-order valence-electron chi connectivity index (χ4n) is 2.50. The first kappa shape index (κ1) is 16.6. The predicted molar refractivity (Wildman–Crippen MR) is 91.4 cm³/mol. The molecule has 2 aromatic rings. The Hall–Kier alpha value is -3.21. The quantitative estimate of drug-likeness (QED) is 0.770. The number of carbonyl (C=O) groups excluding carboxylic acids is 1. The van der Waals surface area contributed by atoms with Crippen LogP contribution in [-0.4, -0.2) is 32.5 Å². The van der Waals surface area contributed by atoms with Crippen LogP contribution in [0.4, 0.5) is 0 Å². The number of terminal acetylenes is 1. The first-order chi connectivity index (χ1) is 12.0. The zero-order chi connectivity index (χ0) is 17.9. The third-order valence-electron chi connectivity index (χ3n) is 4.01. The number of hydrogen-bond donors (Lipinski definition) is 1. The number of nitrogens with one attached hydrogen (secondary N) is 1. The lowest BCUT2D eigenvalue weighted by molar-refractivity contribution is 0.0951. The average molecular weight is 338 g/mol. The summed E-state index contributed by atoms with van der Waals surface area (Å²) in [5.74, 6) is 2.31. The van der Waals surface area contributed by atoms with E-state index in [9.17, 15) is 9.59 Å². The Kier molecular flexibility index (Phi) is 4.48. The summed E-state index contributed by atoms with van der Waals surface area (Å²) in [5.41, 5.74) is 0.346. The van der Waals surface area contributed by atoms with Gasteiger partial charge >= 0.3 is 0 Å². The minimum Gasteiger partial charge on any atom is -0.352 e. The van der Waals surface area contributed by atoms with Gasteiger partial charge in [-0.1, -0.05) is 0 Å². The van der Waals surface area contributed by atoms with Crippen molar-refractivity contribution in [2.45, 2.75) is 24.9 Å².